The lowest BCUT2D eigenvalue weighted by Crippen LogP contribution is -2.23. The van der Waals surface area contributed by atoms with E-state index in [0.29, 0.717) is 28.8 Å². The summed E-state index contributed by atoms with van der Waals surface area (Å²) in [6, 6.07) is 11.2. The molecular weight excluding hydrogens is 371 g/mol. The molecule has 7 heteroatoms. The Morgan fingerprint density at radius 3 is 2.77 bits per heavy atom. The third-order valence-electron chi connectivity index (χ3n) is 3.92. The molecule has 0 aliphatic heterocycles. The zero-order valence-corrected chi connectivity index (χ0v) is 15.5. The minimum atomic E-state index is 0.000304. The minimum Gasteiger partial charge on any atom is -0.352 e. The molecule has 5 nitrogen and oxygen atoms in total. The van der Waals surface area contributed by atoms with Crippen LogP contribution in [0.2, 0.25) is 10.0 Å². The molecule has 134 valence electrons. The van der Waals surface area contributed by atoms with Crippen molar-refractivity contribution in [2.75, 3.05) is 0 Å². The number of pyridine rings is 1. The van der Waals surface area contributed by atoms with E-state index in [2.05, 4.69) is 15.4 Å². The Kier molecular flexibility index (Phi) is 6.26. The Morgan fingerprint density at radius 1 is 1.12 bits per heavy atom. The van der Waals surface area contributed by atoms with Gasteiger partial charge in [-0.2, -0.15) is 5.10 Å². The molecule has 2 heterocycles. The van der Waals surface area contributed by atoms with Gasteiger partial charge in [0, 0.05) is 37.1 Å². The number of halogens is 2. The summed E-state index contributed by atoms with van der Waals surface area (Å²) in [4.78, 5) is 16.5. The summed E-state index contributed by atoms with van der Waals surface area (Å²) in [6.45, 7) is 0.411. The lowest BCUT2D eigenvalue weighted by Gasteiger charge is -2.10. The van der Waals surface area contributed by atoms with Crippen LogP contribution in [-0.2, 0) is 17.8 Å². The Labute approximate surface area is 162 Å². The Balaban J connectivity index is 1.50. The van der Waals surface area contributed by atoms with Crippen LogP contribution in [0.3, 0.4) is 0 Å². The van der Waals surface area contributed by atoms with E-state index in [1.165, 1.54) is 0 Å². The maximum absolute atomic E-state index is 12.1. The number of nitrogens with one attached hydrogen (secondary N) is 1. The molecule has 1 aromatic carbocycles. The van der Waals surface area contributed by atoms with E-state index < -0.39 is 0 Å². The van der Waals surface area contributed by atoms with E-state index in [9.17, 15) is 4.79 Å². The number of amides is 1. The standard InChI is InChI=1S/C19H18Cl2N4O/c20-16-8-7-14(12-17(16)21)4-1-6-18(26)23-13-15-5-2-9-22-19(15)25-11-3-10-24-25/h2-3,5,7-12H,1,4,6,13H2,(H,23,26). The fourth-order valence-corrected chi connectivity index (χ4v) is 2.92. The highest BCUT2D eigenvalue weighted by atomic mass is 35.5. The van der Waals surface area contributed by atoms with Crippen molar-refractivity contribution >= 4 is 29.1 Å². The quantitative estimate of drug-likeness (QED) is 0.659. The van der Waals surface area contributed by atoms with Crippen LogP contribution in [0.25, 0.3) is 5.82 Å². The van der Waals surface area contributed by atoms with E-state index >= 15 is 0 Å². The molecule has 3 aromatic rings. The first kappa shape index (κ1) is 18.4. The summed E-state index contributed by atoms with van der Waals surface area (Å²) in [7, 11) is 0. The zero-order valence-electron chi connectivity index (χ0n) is 14.0. The van der Waals surface area contributed by atoms with Crippen LogP contribution < -0.4 is 5.32 Å². The van der Waals surface area contributed by atoms with Gasteiger partial charge in [0.2, 0.25) is 5.91 Å². The number of carbonyl (C=O) groups excluding carboxylic acids is 1. The molecule has 0 fully saturated rings. The molecular formula is C19H18Cl2N4O. The van der Waals surface area contributed by atoms with Crippen LogP contribution in [-0.4, -0.2) is 20.7 Å². The number of benzene rings is 1. The van der Waals surface area contributed by atoms with Gasteiger partial charge in [0.25, 0.3) is 0 Å². The van der Waals surface area contributed by atoms with Gasteiger partial charge in [0.15, 0.2) is 5.82 Å². The van der Waals surface area contributed by atoms with Gasteiger partial charge < -0.3 is 5.32 Å². The van der Waals surface area contributed by atoms with Gasteiger partial charge >= 0.3 is 0 Å². The molecule has 0 aliphatic carbocycles. The molecule has 0 spiro atoms. The second-order valence-corrected chi connectivity index (χ2v) is 6.63. The highest BCUT2D eigenvalue weighted by molar-refractivity contribution is 6.42. The van der Waals surface area contributed by atoms with Crippen LogP contribution in [0.4, 0.5) is 0 Å². The van der Waals surface area contributed by atoms with Crippen LogP contribution in [0.15, 0.2) is 55.0 Å². The van der Waals surface area contributed by atoms with Gasteiger partial charge in [-0.1, -0.05) is 35.3 Å². The molecule has 0 saturated heterocycles. The van der Waals surface area contributed by atoms with Crippen LogP contribution in [0.5, 0.6) is 0 Å². The minimum absolute atomic E-state index is 0.000304. The zero-order chi connectivity index (χ0) is 18.4. The van der Waals surface area contributed by atoms with Crippen LogP contribution in [0.1, 0.15) is 24.0 Å². The van der Waals surface area contributed by atoms with Crippen molar-refractivity contribution in [3.05, 3.63) is 76.2 Å². The summed E-state index contributed by atoms with van der Waals surface area (Å²) in [5.74, 6) is 0.717. The second-order valence-electron chi connectivity index (χ2n) is 5.82. The number of nitrogens with zero attached hydrogens (tertiary/aromatic N) is 3. The Morgan fingerprint density at radius 2 is 2.00 bits per heavy atom. The SMILES string of the molecule is O=C(CCCc1ccc(Cl)c(Cl)c1)NCc1cccnc1-n1cccn1. The van der Waals surface area contributed by atoms with Gasteiger partial charge in [0.1, 0.15) is 0 Å². The highest BCUT2D eigenvalue weighted by Crippen LogP contribution is 2.23. The van der Waals surface area contributed by atoms with Crippen molar-refractivity contribution in [1.29, 1.82) is 0 Å². The summed E-state index contributed by atoms with van der Waals surface area (Å²) in [5, 5.41) is 8.21. The normalized spacial score (nSPS) is 10.7. The van der Waals surface area contributed by atoms with Crippen molar-refractivity contribution in [1.82, 2.24) is 20.1 Å². The van der Waals surface area contributed by atoms with Gasteiger partial charge in [-0.25, -0.2) is 9.67 Å². The molecule has 26 heavy (non-hydrogen) atoms. The summed E-state index contributed by atoms with van der Waals surface area (Å²) < 4.78 is 1.69. The van der Waals surface area contributed by atoms with Crippen LogP contribution >= 0.6 is 23.2 Å². The molecule has 0 bridgehead atoms. The van der Waals surface area contributed by atoms with Crippen LogP contribution in [0, 0.1) is 0 Å². The van der Waals surface area contributed by atoms with Crippen molar-refractivity contribution in [3.63, 3.8) is 0 Å². The first-order valence-corrected chi connectivity index (χ1v) is 9.03. The number of aromatic nitrogens is 3. The lowest BCUT2D eigenvalue weighted by atomic mass is 10.1. The molecule has 0 aliphatic rings. The molecule has 0 radical (unpaired) electrons. The monoisotopic (exact) mass is 388 g/mol. The maximum Gasteiger partial charge on any atom is 0.220 e. The number of hydrogen-bond acceptors (Lipinski definition) is 3. The van der Waals surface area contributed by atoms with Crippen molar-refractivity contribution in [3.8, 4) is 5.82 Å². The van der Waals surface area contributed by atoms with Crippen molar-refractivity contribution in [2.45, 2.75) is 25.8 Å². The van der Waals surface area contributed by atoms with E-state index in [1.807, 2.05) is 36.5 Å². The third kappa shape index (κ3) is 4.84. The summed E-state index contributed by atoms with van der Waals surface area (Å²) >= 11 is 11.9. The van der Waals surface area contributed by atoms with E-state index in [0.717, 1.165) is 24.0 Å². The molecule has 0 unspecified atom stereocenters. The van der Waals surface area contributed by atoms with E-state index in [1.54, 1.807) is 23.1 Å². The molecule has 2 aromatic heterocycles. The Bertz CT molecular complexity index is 881. The average Bonchev–Trinajstić information content (AvgIpc) is 3.18. The maximum atomic E-state index is 12.1. The summed E-state index contributed by atoms with van der Waals surface area (Å²) in [5.41, 5.74) is 1.98. The molecule has 3 rings (SSSR count). The topological polar surface area (TPSA) is 59.8 Å². The fraction of sp³-hybridized carbons (Fsp3) is 0.211. The van der Waals surface area contributed by atoms with Gasteiger partial charge in [-0.05, 0) is 42.7 Å². The number of carbonyl (C=O) groups is 1. The molecule has 1 amide bonds. The highest BCUT2D eigenvalue weighted by Gasteiger charge is 2.08. The summed E-state index contributed by atoms with van der Waals surface area (Å²) in [6.07, 6.45) is 7.18. The van der Waals surface area contributed by atoms with E-state index in [4.69, 9.17) is 23.2 Å². The lowest BCUT2D eigenvalue weighted by molar-refractivity contribution is -0.121. The Hall–Kier alpha value is -2.37. The number of aryl methyl sites for hydroxylation is 1. The predicted octanol–water partition coefficient (Wildman–Crippen LogP) is 4.21. The predicted molar refractivity (Wildman–Crippen MR) is 103 cm³/mol. The average molecular weight is 389 g/mol. The van der Waals surface area contributed by atoms with Crippen molar-refractivity contribution in [2.24, 2.45) is 0 Å². The van der Waals surface area contributed by atoms with Gasteiger partial charge in [-0.3, -0.25) is 4.79 Å². The third-order valence-corrected chi connectivity index (χ3v) is 4.66. The van der Waals surface area contributed by atoms with Gasteiger partial charge in [-0.15, -0.1) is 0 Å². The van der Waals surface area contributed by atoms with Gasteiger partial charge in [0.05, 0.1) is 10.0 Å². The first-order chi connectivity index (χ1) is 12.6. The molecule has 0 saturated carbocycles. The molecule has 1 N–H and O–H groups in total. The van der Waals surface area contributed by atoms with Crippen molar-refractivity contribution < 1.29 is 4.79 Å². The largest absolute Gasteiger partial charge is 0.352 e. The smallest absolute Gasteiger partial charge is 0.220 e. The number of hydrogen-bond donors (Lipinski definition) is 1. The molecule has 0 atom stereocenters. The second kappa shape index (κ2) is 8.83. The number of rotatable bonds is 7. The van der Waals surface area contributed by atoms with E-state index in [-0.39, 0.29) is 5.91 Å². The first-order valence-electron chi connectivity index (χ1n) is 8.28. The fourth-order valence-electron chi connectivity index (χ4n) is 2.60.